The zero-order valence-electron chi connectivity index (χ0n) is 17.1. The second-order valence-electron chi connectivity index (χ2n) is 7.68. The first-order valence-corrected chi connectivity index (χ1v) is 10.1. The largest absolute Gasteiger partial charge is 0.368 e. The molecule has 9 heteroatoms. The van der Waals surface area contributed by atoms with Crippen LogP contribution in [0.4, 0.5) is 11.4 Å². The van der Waals surface area contributed by atoms with Gasteiger partial charge in [-0.25, -0.2) is 0 Å². The lowest BCUT2D eigenvalue weighted by Crippen LogP contribution is -2.49. The van der Waals surface area contributed by atoms with Crippen LogP contribution in [0.1, 0.15) is 32.7 Å². The molecule has 0 saturated carbocycles. The normalized spacial score (nSPS) is 16.0. The first kappa shape index (κ1) is 20.5. The fraction of sp³-hybridized carbons (Fsp3) is 0.318. The standard InChI is InChI=1S/C22H22N4O5/c1-15-4-2-5-16(14-15)23-10-12-24(13-11-23)19(27)8-9-25-21(28)17-6-3-7-18(26(30)31)20(17)22(25)29/h2-7,14H,8-13H2,1H3. The zero-order chi connectivity index (χ0) is 22.1. The molecule has 2 heterocycles. The number of hydrogen-bond donors (Lipinski definition) is 0. The number of imide groups is 1. The van der Waals surface area contributed by atoms with Gasteiger partial charge in [0.15, 0.2) is 0 Å². The molecule has 3 amide bonds. The number of amides is 3. The number of nitro groups is 1. The summed E-state index contributed by atoms with van der Waals surface area (Å²) in [6, 6.07) is 12.2. The van der Waals surface area contributed by atoms with Crippen molar-refractivity contribution in [3.63, 3.8) is 0 Å². The summed E-state index contributed by atoms with van der Waals surface area (Å²) in [5, 5.41) is 11.2. The molecule has 0 N–H and O–H groups in total. The maximum Gasteiger partial charge on any atom is 0.282 e. The number of carbonyl (C=O) groups excluding carboxylic acids is 3. The summed E-state index contributed by atoms with van der Waals surface area (Å²) in [6.45, 7) is 4.46. The van der Waals surface area contributed by atoms with Crippen LogP contribution in [-0.2, 0) is 4.79 Å². The molecule has 0 radical (unpaired) electrons. The molecule has 2 aromatic rings. The van der Waals surface area contributed by atoms with E-state index in [0.717, 1.165) is 10.6 Å². The van der Waals surface area contributed by atoms with Gasteiger partial charge in [-0.2, -0.15) is 0 Å². The van der Waals surface area contributed by atoms with E-state index in [1.807, 2.05) is 25.1 Å². The lowest BCUT2D eigenvalue weighted by molar-refractivity contribution is -0.385. The topological polar surface area (TPSA) is 104 Å². The smallest absolute Gasteiger partial charge is 0.282 e. The number of fused-ring (bicyclic) bond motifs is 1. The molecule has 2 aliphatic rings. The molecular formula is C22H22N4O5. The third kappa shape index (κ3) is 3.86. The minimum absolute atomic E-state index is 0.0102. The van der Waals surface area contributed by atoms with Gasteiger partial charge in [0.1, 0.15) is 5.56 Å². The molecule has 1 saturated heterocycles. The average molecular weight is 422 g/mol. The van der Waals surface area contributed by atoms with Crippen molar-refractivity contribution in [2.45, 2.75) is 13.3 Å². The van der Waals surface area contributed by atoms with E-state index in [0.29, 0.717) is 26.2 Å². The number of piperazine rings is 1. The lowest BCUT2D eigenvalue weighted by atomic mass is 10.1. The van der Waals surface area contributed by atoms with Crippen molar-refractivity contribution < 1.29 is 19.3 Å². The monoisotopic (exact) mass is 422 g/mol. The molecule has 2 aliphatic heterocycles. The van der Waals surface area contributed by atoms with E-state index < -0.39 is 22.4 Å². The summed E-state index contributed by atoms with van der Waals surface area (Å²) < 4.78 is 0. The molecule has 0 atom stereocenters. The van der Waals surface area contributed by atoms with Gasteiger partial charge in [-0.1, -0.05) is 18.2 Å². The van der Waals surface area contributed by atoms with Crippen LogP contribution in [0.5, 0.6) is 0 Å². The molecule has 2 aromatic carbocycles. The molecule has 0 aromatic heterocycles. The fourth-order valence-electron chi connectivity index (χ4n) is 4.08. The summed E-state index contributed by atoms with van der Waals surface area (Å²) in [5.41, 5.74) is 1.73. The quantitative estimate of drug-likeness (QED) is 0.416. The Labute approximate surface area is 179 Å². The van der Waals surface area contributed by atoms with Gasteiger partial charge in [0.05, 0.1) is 10.5 Å². The molecule has 0 bridgehead atoms. The van der Waals surface area contributed by atoms with Crippen molar-refractivity contribution in [2.75, 3.05) is 37.6 Å². The molecule has 0 spiro atoms. The van der Waals surface area contributed by atoms with Crippen LogP contribution in [0.25, 0.3) is 0 Å². The van der Waals surface area contributed by atoms with Gasteiger partial charge in [-0.05, 0) is 30.7 Å². The highest BCUT2D eigenvalue weighted by atomic mass is 16.6. The van der Waals surface area contributed by atoms with Crippen LogP contribution in [-0.4, -0.2) is 65.2 Å². The van der Waals surface area contributed by atoms with Crippen molar-refractivity contribution >= 4 is 29.1 Å². The number of rotatable bonds is 5. The molecule has 0 aliphatic carbocycles. The molecule has 0 unspecified atom stereocenters. The number of benzene rings is 2. The van der Waals surface area contributed by atoms with E-state index in [1.165, 1.54) is 23.8 Å². The number of nitro benzene ring substituents is 1. The number of aryl methyl sites for hydroxylation is 1. The molecule has 160 valence electrons. The molecule has 1 fully saturated rings. The van der Waals surface area contributed by atoms with Crippen LogP contribution in [0, 0.1) is 17.0 Å². The Morgan fingerprint density at radius 3 is 2.42 bits per heavy atom. The Morgan fingerprint density at radius 1 is 1.03 bits per heavy atom. The Kier molecular flexibility index (Phi) is 5.41. The average Bonchev–Trinajstić information content (AvgIpc) is 3.02. The Hall–Kier alpha value is -3.75. The van der Waals surface area contributed by atoms with Crippen LogP contribution >= 0.6 is 0 Å². The maximum absolute atomic E-state index is 12.7. The Bertz CT molecular complexity index is 1080. The minimum atomic E-state index is -0.718. The summed E-state index contributed by atoms with van der Waals surface area (Å²) >= 11 is 0. The number of hydrogen-bond acceptors (Lipinski definition) is 6. The SMILES string of the molecule is Cc1cccc(N2CCN(C(=O)CCN3C(=O)c4cccc([N+](=O)[O-])c4C3=O)CC2)c1. The minimum Gasteiger partial charge on any atom is -0.368 e. The van der Waals surface area contributed by atoms with Crippen LogP contribution in [0.15, 0.2) is 42.5 Å². The van der Waals surface area contributed by atoms with E-state index in [1.54, 1.807) is 4.90 Å². The van der Waals surface area contributed by atoms with Gasteiger partial charge in [-0.15, -0.1) is 0 Å². The second-order valence-corrected chi connectivity index (χ2v) is 7.68. The summed E-state index contributed by atoms with van der Waals surface area (Å²) in [6.07, 6.45) is -0.0102. The highest BCUT2D eigenvalue weighted by molar-refractivity contribution is 6.23. The number of nitrogens with zero attached hydrogens (tertiary/aromatic N) is 4. The molecule has 4 rings (SSSR count). The van der Waals surface area contributed by atoms with Crippen molar-refractivity contribution in [1.82, 2.24) is 9.80 Å². The first-order valence-electron chi connectivity index (χ1n) is 10.1. The first-order chi connectivity index (χ1) is 14.9. The summed E-state index contributed by atoms with van der Waals surface area (Å²) in [5.74, 6) is -1.46. The van der Waals surface area contributed by atoms with Crippen LogP contribution < -0.4 is 4.90 Å². The van der Waals surface area contributed by atoms with Gasteiger partial charge in [-0.3, -0.25) is 29.4 Å². The zero-order valence-corrected chi connectivity index (χ0v) is 17.1. The van der Waals surface area contributed by atoms with Gasteiger partial charge >= 0.3 is 0 Å². The summed E-state index contributed by atoms with van der Waals surface area (Å²) in [7, 11) is 0. The predicted octanol–water partition coefficient (Wildman–Crippen LogP) is 2.24. The highest BCUT2D eigenvalue weighted by Gasteiger charge is 2.41. The van der Waals surface area contributed by atoms with E-state index in [-0.39, 0.29) is 30.0 Å². The van der Waals surface area contributed by atoms with Gasteiger partial charge in [0, 0.05) is 50.9 Å². The third-order valence-corrected chi connectivity index (χ3v) is 5.72. The van der Waals surface area contributed by atoms with E-state index in [4.69, 9.17) is 0 Å². The fourth-order valence-corrected chi connectivity index (χ4v) is 4.08. The van der Waals surface area contributed by atoms with Crippen molar-refractivity contribution in [1.29, 1.82) is 0 Å². The van der Waals surface area contributed by atoms with Crippen molar-refractivity contribution in [3.05, 3.63) is 69.3 Å². The third-order valence-electron chi connectivity index (χ3n) is 5.72. The highest BCUT2D eigenvalue weighted by Crippen LogP contribution is 2.30. The molecule has 31 heavy (non-hydrogen) atoms. The van der Waals surface area contributed by atoms with Crippen molar-refractivity contribution in [2.24, 2.45) is 0 Å². The second kappa shape index (κ2) is 8.17. The maximum atomic E-state index is 12.7. The van der Waals surface area contributed by atoms with Crippen molar-refractivity contribution in [3.8, 4) is 0 Å². The molecular weight excluding hydrogens is 400 g/mol. The van der Waals surface area contributed by atoms with Crippen LogP contribution in [0.2, 0.25) is 0 Å². The number of anilines is 1. The van der Waals surface area contributed by atoms with Gasteiger partial charge in [0.2, 0.25) is 5.91 Å². The van der Waals surface area contributed by atoms with E-state index >= 15 is 0 Å². The van der Waals surface area contributed by atoms with E-state index in [2.05, 4.69) is 11.0 Å². The molecule has 9 nitrogen and oxygen atoms in total. The van der Waals surface area contributed by atoms with E-state index in [9.17, 15) is 24.5 Å². The predicted molar refractivity (Wildman–Crippen MR) is 113 cm³/mol. The van der Waals surface area contributed by atoms with Gasteiger partial charge < -0.3 is 9.80 Å². The lowest BCUT2D eigenvalue weighted by Gasteiger charge is -2.36. The summed E-state index contributed by atoms with van der Waals surface area (Å²) in [4.78, 5) is 53.2. The van der Waals surface area contributed by atoms with Gasteiger partial charge in [0.25, 0.3) is 17.5 Å². The van der Waals surface area contributed by atoms with Crippen LogP contribution in [0.3, 0.4) is 0 Å². The Morgan fingerprint density at radius 2 is 1.74 bits per heavy atom. The Balaban J connectivity index is 1.35. The number of carbonyl (C=O) groups is 3.